The van der Waals surface area contributed by atoms with Gasteiger partial charge in [-0.2, -0.15) is 0 Å². The third-order valence-corrected chi connectivity index (χ3v) is 4.69. The standard InChI is InChI=1S/C19H17FN2O2/c1-24-14-5-3-13(4-6-14)22-18(23)19(8-9-19)16-11-21-17-7-2-12(20)10-15(16)17/h2-7,10-11,21H,8-9H2,1H3,(H,22,23). The van der Waals surface area contributed by atoms with Crippen LogP contribution in [0.25, 0.3) is 10.9 Å². The Hall–Kier alpha value is -2.82. The summed E-state index contributed by atoms with van der Waals surface area (Å²) in [5.41, 5.74) is 1.85. The van der Waals surface area contributed by atoms with Crippen molar-refractivity contribution in [2.75, 3.05) is 12.4 Å². The van der Waals surface area contributed by atoms with Gasteiger partial charge in [0.15, 0.2) is 0 Å². The Morgan fingerprint density at radius 2 is 1.96 bits per heavy atom. The first-order valence-electron chi connectivity index (χ1n) is 7.85. The van der Waals surface area contributed by atoms with Crippen molar-refractivity contribution in [1.29, 1.82) is 0 Å². The summed E-state index contributed by atoms with van der Waals surface area (Å²) >= 11 is 0. The second-order valence-corrected chi connectivity index (χ2v) is 6.16. The van der Waals surface area contributed by atoms with Crippen LogP contribution in [-0.4, -0.2) is 18.0 Å². The first-order valence-corrected chi connectivity index (χ1v) is 7.85. The van der Waals surface area contributed by atoms with Gasteiger partial charge in [0.05, 0.1) is 12.5 Å². The zero-order valence-corrected chi connectivity index (χ0v) is 13.2. The summed E-state index contributed by atoms with van der Waals surface area (Å²) in [5, 5.41) is 3.74. The van der Waals surface area contributed by atoms with Gasteiger partial charge in [0.1, 0.15) is 11.6 Å². The summed E-state index contributed by atoms with van der Waals surface area (Å²) < 4.78 is 18.7. The number of hydrogen-bond donors (Lipinski definition) is 2. The number of anilines is 1. The van der Waals surface area contributed by atoms with E-state index in [1.807, 2.05) is 18.3 Å². The number of amides is 1. The summed E-state index contributed by atoms with van der Waals surface area (Å²) in [7, 11) is 1.60. The highest BCUT2D eigenvalue weighted by Gasteiger charge is 2.52. The number of fused-ring (bicyclic) bond motifs is 1. The first-order chi connectivity index (χ1) is 11.6. The Balaban J connectivity index is 1.64. The molecule has 122 valence electrons. The molecule has 2 N–H and O–H groups in total. The number of aromatic nitrogens is 1. The molecule has 0 aliphatic heterocycles. The number of hydrogen-bond acceptors (Lipinski definition) is 2. The minimum absolute atomic E-state index is 0.0576. The molecule has 24 heavy (non-hydrogen) atoms. The molecule has 1 saturated carbocycles. The van der Waals surface area contributed by atoms with Gasteiger partial charge >= 0.3 is 0 Å². The van der Waals surface area contributed by atoms with E-state index in [9.17, 15) is 9.18 Å². The van der Waals surface area contributed by atoms with E-state index in [1.165, 1.54) is 12.1 Å². The first kappa shape index (κ1) is 14.8. The van der Waals surface area contributed by atoms with Crippen LogP contribution in [0.4, 0.5) is 10.1 Å². The molecule has 4 nitrogen and oxygen atoms in total. The normalized spacial score (nSPS) is 15.2. The van der Waals surface area contributed by atoms with Gasteiger partial charge < -0.3 is 15.0 Å². The van der Waals surface area contributed by atoms with Gasteiger partial charge in [0.2, 0.25) is 5.91 Å². The zero-order valence-electron chi connectivity index (χ0n) is 13.2. The van der Waals surface area contributed by atoms with E-state index in [0.717, 1.165) is 40.7 Å². The van der Waals surface area contributed by atoms with Crippen LogP contribution in [0, 0.1) is 5.82 Å². The number of methoxy groups -OCH3 is 1. The zero-order chi connectivity index (χ0) is 16.7. The van der Waals surface area contributed by atoms with E-state index in [4.69, 9.17) is 4.74 Å². The van der Waals surface area contributed by atoms with Gasteiger partial charge in [0.25, 0.3) is 0 Å². The summed E-state index contributed by atoms with van der Waals surface area (Å²) in [6, 6.07) is 11.8. The molecule has 1 aromatic heterocycles. The molecule has 1 aliphatic carbocycles. The molecule has 0 spiro atoms. The number of H-pyrrole nitrogens is 1. The van der Waals surface area contributed by atoms with Gasteiger partial charge in [-0.15, -0.1) is 0 Å². The van der Waals surface area contributed by atoms with Gasteiger partial charge in [-0.05, 0) is 60.9 Å². The number of rotatable bonds is 4. The molecule has 3 aromatic rings. The van der Waals surface area contributed by atoms with Crippen molar-refractivity contribution in [2.24, 2.45) is 0 Å². The van der Waals surface area contributed by atoms with Gasteiger partial charge in [-0.1, -0.05) is 0 Å². The largest absolute Gasteiger partial charge is 0.497 e. The van der Waals surface area contributed by atoms with Crippen LogP contribution in [-0.2, 0) is 10.2 Å². The molecule has 0 atom stereocenters. The molecule has 0 bridgehead atoms. The predicted octanol–water partition coefficient (Wildman–Crippen LogP) is 3.99. The highest BCUT2D eigenvalue weighted by Crippen LogP contribution is 2.51. The number of nitrogens with one attached hydrogen (secondary N) is 2. The highest BCUT2D eigenvalue weighted by atomic mass is 19.1. The van der Waals surface area contributed by atoms with Crippen molar-refractivity contribution in [3.63, 3.8) is 0 Å². The second-order valence-electron chi connectivity index (χ2n) is 6.16. The Bertz CT molecular complexity index is 911. The monoisotopic (exact) mass is 324 g/mol. The van der Waals surface area contributed by atoms with Crippen molar-refractivity contribution in [2.45, 2.75) is 18.3 Å². The molecule has 0 unspecified atom stereocenters. The fraction of sp³-hybridized carbons (Fsp3) is 0.211. The molecule has 1 amide bonds. The average molecular weight is 324 g/mol. The predicted molar refractivity (Wildman–Crippen MR) is 90.8 cm³/mol. The molecule has 1 aliphatic rings. The Morgan fingerprint density at radius 1 is 1.21 bits per heavy atom. The third-order valence-electron chi connectivity index (χ3n) is 4.69. The van der Waals surface area contributed by atoms with Crippen LogP contribution in [0.5, 0.6) is 5.75 Å². The fourth-order valence-electron chi connectivity index (χ4n) is 3.16. The van der Waals surface area contributed by atoms with E-state index in [-0.39, 0.29) is 11.7 Å². The third kappa shape index (κ3) is 2.33. The molecule has 1 heterocycles. The highest BCUT2D eigenvalue weighted by molar-refractivity contribution is 6.04. The number of halogens is 1. The molecule has 4 rings (SSSR count). The lowest BCUT2D eigenvalue weighted by atomic mass is 9.94. The summed E-state index contributed by atoms with van der Waals surface area (Å²) in [5.74, 6) is 0.383. The molecule has 0 radical (unpaired) electrons. The number of carbonyl (C=O) groups is 1. The Morgan fingerprint density at radius 3 is 2.62 bits per heavy atom. The van der Waals surface area contributed by atoms with Crippen LogP contribution in [0.15, 0.2) is 48.7 Å². The van der Waals surface area contributed by atoms with E-state index in [2.05, 4.69) is 10.3 Å². The minimum Gasteiger partial charge on any atom is -0.497 e. The Kier molecular flexibility index (Phi) is 3.30. The molecule has 0 saturated heterocycles. The van der Waals surface area contributed by atoms with Crippen LogP contribution in [0.3, 0.4) is 0 Å². The van der Waals surface area contributed by atoms with E-state index < -0.39 is 5.41 Å². The average Bonchev–Trinajstić information content (AvgIpc) is 3.30. The maximum Gasteiger partial charge on any atom is 0.235 e. The maximum atomic E-state index is 13.6. The van der Waals surface area contributed by atoms with E-state index in [1.54, 1.807) is 25.3 Å². The molecule has 5 heteroatoms. The summed E-state index contributed by atoms with van der Waals surface area (Å²) in [6.07, 6.45) is 3.35. The van der Waals surface area contributed by atoms with Crippen molar-refractivity contribution in [3.05, 3.63) is 60.0 Å². The topological polar surface area (TPSA) is 54.1 Å². The number of aromatic amines is 1. The number of carbonyl (C=O) groups excluding carboxylic acids is 1. The van der Waals surface area contributed by atoms with Crippen LogP contribution >= 0.6 is 0 Å². The summed E-state index contributed by atoms with van der Waals surface area (Å²) in [4.78, 5) is 16.0. The lowest BCUT2D eigenvalue weighted by molar-refractivity contribution is -0.118. The molecule has 2 aromatic carbocycles. The smallest absolute Gasteiger partial charge is 0.235 e. The lowest BCUT2D eigenvalue weighted by Gasteiger charge is -2.15. The van der Waals surface area contributed by atoms with E-state index in [0.29, 0.717) is 0 Å². The maximum absolute atomic E-state index is 13.6. The lowest BCUT2D eigenvalue weighted by Crippen LogP contribution is -2.27. The fourth-order valence-corrected chi connectivity index (χ4v) is 3.16. The Labute approximate surface area is 138 Å². The second kappa shape index (κ2) is 5.37. The van der Waals surface area contributed by atoms with Gasteiger partial charge in [-0.25, -0.2) is 4.39 Å². The van der Waals surface area contributed by atoms with Gasteiger partial charge in [-0.3, -0.25) is 4.79 Å². The van der Waals surface area contributed by atoms with Crippen LogP contribution < -0.4 is 10.1 Å². The van der Waals surface area contributed by atoms with Crippen LogP contribution in [0.2, 0.25) is 0 Å². The van der Waals surface area contributed by atoms with Crippen molar-refractivity contribution < 1.29 is 13.9 Å². The molecular formula is C19H17FN2O2. The van der Waals surface area contributed by atoms with Crippen LogP contribution in [0.1, 0.15) is 18.4 Å². The summed E-state index contributed by atoms with van der Waals surface area (Å²) in [6.45, 7) is 0. The molecule has 1 fully saturated rings. The minimum atomic E-state index is -0.577. The van der Waals surface area contributed by atoms with Gasteiger partial charge in [0, 0.05) is 22.8 Å². The number of benzene rings is 2. The molecular weight excluding hydrogens is 307 g/mol. The number of ether oxygens (including phenoxy) is 1. The van der Waals surface area contributed by atoms with Crippen molar-refractivity contribution >= 4 is 22.5 Å². The van der Waals surface area contributed by atoms with E-state index >= 15 is 0 Å². The SMILES string of the molecule is COc1ccc(NC(=O)C2(c3c[nH]c4ccc(F)cc34)CC2)cc1. The van der Waals surface area contributed by atoms with Crippen molar-refractivity contribution in [3.8, 4) is 5.75 Å². The van der Waals surface area contributed by atoms with Crippen molar-refractivity contribution in [1.82, 2.24) is 4.98 Å². The quantitative estimate of drug-likeness (QED) is 0.762.